The average Bonchev–Trinajstić information content (AvgIpc) is 2.66. The SMILES string of the molecule is Nc1ccc(N2CCCC23COC3)cc1N. The van der Waals surface area contributed by atoms with Crippen LogP contribution in [0.4, 0.5) is 17.1 Å². The van der Waals surface area contributed by atoms with Gasteiger partial charge in [-0.3, -0.25) is 0 Å². The first-order chi connectivity index (χ1) is 7.71. The van der Waals surface area contributed by atoms with Crippen LogP contribution in [0, 0.1) is 0 Å². The maximum atomic E-state index is 5.85. The van der Waals surface area contributed by atoms with Crippen molar-refractivity contribution in [2.75, 3.05) is 36.1 Å². The van der Waals surface area contributed by atoms with Gasteiger partial charge in [-0.2, -0.15) is 0 Å². The molecule has 0 aromatic heterocycles. The van der Waals surface area contributed by atoms with E-state index in [1.54, 1.807) is 0 Å². The van der Waals surface area contributed by atoms with Crippen LogP contribution in [0.2, 0.25) is 0 Å². The summed E-state index contributed by atoms with van der Waals surface area (Å²) in [5, 5.41) is 0. The predicted octanol–water partition coefficient (Wildman–Crippen LogP) is 1.22. The van der Waals surface area contributed by atoms with E-state index in [-0.39, 0.29) is 5.54 Å². The molecule has 2 heterocycles. The number of hydrogen-bond acceptors (Lipinski definition) is 4. The Balaban J connectivity index is 1.94. The molecule has 0 saturated carbocycles. The fraction of sp³-hybridized carbons (Fsp3) is 0.500. The van der Waals surface area contributed by atoms with Crippen LogP contribution in [0.15, 0.2) is 18.2 Å². The molecule has 0 amide bonds. The van der Waals surface area contributed by atoms with Gasteiger partial charge in [-0.25, -0.2) is 0 Å². The molecule has 1 aromatic rings. The van der Waals surface area contributed by atoms with Gasteiger partial charge in [0, 0.05) is 12.2 Å². The van der Waals surface area contributed by atoms with Gasteiger partial charge in [0.05, 0.1) is 30.1 Å². The summed E-state index contributed by atoms with van der Waals surface area (Å²) in [6.07, 6.45) is 2.45. The summed E-state index contributed by atoms with van der Waals surface area (Å²) in [6.45, 7) is 2.78. The third kappa shape index (κ3) is 1.26. The third-order valence-electron chi connectivity index (χ3n) is 3.72. The van der Waals surface area contributed by atoms with Crippen molar-refractivity contribution in [2.24, 2.45) is 0 Å². The molecule has 16 heavy (non-hydrogen) atoms. The van der Waals surface area contributed by atoms with Gasteiger partial charge in [-0.15, -0.1) is 0 Å². The minimum atomic E-state index is 0.239. The molecule has 2 aliphatic heterocycles. The molecule has 86 valence electrons. The van der Waals surface area contributed by atoms with E-state index in [4.69, 9.17) is 16.2 Å². The molecule has 0 radical (unpaired) electrons. The van der Waals surface area contributed by atoms with Crippen LogP contribution in [0.5, 0.6) is 0 Å². The van der Waals surface area contributed by atoms with Crippen molar-refractivity contribution in [3.8, 4) is 0 Å². The largest absolute Gasteiger partial charge is 0.397 e. The highest BCUT2D eigenvalue weighted by atomic mass is 16.5. The molecule has 0 unspecified atom stereocenters. The molecule has 1 spiro atoms. The molecule has 3 rings (SSSR count). The lowest BCUT2D eigenvalue weighted by molar-refractivity contribution is -0.0505. The smallest absolute Gasteiger partial charge is 0.0868 e. The number of ether oxygens (including phenoxy) is 1. The minimum absolute atomic E-state index is 0.239. The van der Waals surface area contributed by atoms with Gasteiger partial charge >= 0.3 is 0 Å². The fourth-order valence-electron chi connectivity index (χ4n) is 2.71. The standard InChI is InChI=1S/C12H17N3O/c13-10-3-2-9(6-11(10)14)15-5-1-4-12(15)7-16-8-12/h2-3,6H,1,4-5,7-8,13-14H2. The van der Waals surface area contributed by atoms with Gasteiger partial charge in [0.15, 0.2) is 0 Å². The van der Waals surface area contributed by atoms with Crippen LogP contribution in [-0.2, 0) is 4.74 Å². The first-order valence-corrected chi connectivity index (χ1v) is 5.72. The van der Waals surface area contributed by atoms with E-state index >= 15 is 0 Å². The summed E-state index contributed by atoms with van der Waals surface area (Å²) in [5.41, 5.74) is 14.3. The molecule has 2 aliphatic rings. The lowest BCUT2D eigenvalue weighted by Gasteiger charge is -2.46. The Morgan fingerprint density at radius 1 is 1.19 bits per heavy atom. The Bertz CT molecular complexity index is 415. The van der Waals surface area contributed by atoms with E-state index in [2.05, 4.69) is 11.0 Å². The van der Waals surface area contributed by atoms with Gasteiger partial charge < -0.3 is 21.1 Å². The molecular formula is C12H17N3O. The lowest BCUT2D eigenvalue weighted by Crippen LogP contribution is -2.59. The third-order valence-corrected chi connectivity index (χ3v) is 3.72. The summed E-state index contributed by atoms with van der Waals surface area (Å²) in [4.78, 5) is 2.42. The summed E-state index contributed by atoms with van der Waals surface area (Å²) < 4.78 is 5.37. The number of nitrogen functional groups attached to an aromatic ring is 2. The number of nitrogens with zero attached hydrogens (tertiary/aromatic N) is 1. The van der Waals surface area contributed by atoms with Crippen molar-refractivity contribution in [1.29, 1.82) is 0 Å². The molecule has 4 N–H and O–H groups in total. The highest BCUT2D eigenvalue weighted by molar-refractivity contribution is 5.70. The highest BCUT2D eigenvalue weighted by Crippen LogP contribution is 2.40. The topological polar surface area (TPSA) is 64.5 Å². The van der Waals surface area contributed by atoms with Crippen LogP contribution < -0.4 is 16.4 Å². The Kier molecular flexibility index (Phi) is 2.01. The predicted molar refractivity (Wildman–Crippen MR) is 65.4 cm³/mol. The van der Waals surface area contributed by atoms with Crippen molar-refractivity contribution < 1.29 is 4.74 Å². The first kappa shape index (κ1) is 9.78. The normalized spacial score (nSPS) is 22.4. The number of nitrogens with two attached hydrogens (primary N) is 2. The number of anilines is 3. The highest BCUT2D eigenvalue weighted by Gasteiger charge is 2.47. The monoisotopic (exact) mass is 219 g/mol. The van der Waals surface area contributed by atoms with Crippen LogP contribution in [-0.4, -0.2) is 25.3 Å². The number of hydrogen-bond donors (Lipinski definition) is 2. The molecule has 0 atom stereocenters. The Labute approximate surface area is 95.2 Å². The average molecular weight is 219 g/mol. The molecule has 2 fully saturated rings. The molecule has 0 bridgehead atoms. The van der Waals surface area contributed by atoms with Crippen molar-refractivity contribution in [2.45, 2.75) is 18.4 Å². The van der Waals surface area contributed by atoms with Gasteiger partial charge in [-0.05, 0) is 31.0 Å². The zero-order chi connectivity index (χ0) is 11.2. The zero-order valence-electron chi connectivity index (χ0n) is 9.28. The van der Waals surface area contributed by atoms with E-state index in [9.17, 15) is 0 Å². The second kappa shape index (κ2) is 3.28. The summed E-state index contributed by atoms with van der Waals surface area (Å²) >= 11 is 0. The Morgan fingerprint density at radius 2 is 2.00 bits per heavy atom. The van der Waals surface area contributed by atoms with E-state index in [0.717, 1.165) is 19.8 Å². The van der Waals surface area contributed by atoms with E-state index < -0.39 is 0 Å². The van der Waals surface area contributed by atoms with Crippen LogP contribution >= 0.6 is 0 Å². The quantitative estimate of drug-likeness (QED) is 0.697. The van der Waals surface area contributed by atoms with Crippen LogP contribution in [0.25, 0.3) is 0 Å². The first-order valence-electron chi connectivity index (χ1n) is 5.72. The van der Waals surface area contributed by atoms with E-state index in [0.29, 0.717) is 11.4 Å². The van der Waals surface area contributed by atoms with Crippen molar-refractivity contribution in [1.82, 2.24) is 0 Å². The molecule has 4 heteroatoms. The Hall–Kier alpha value is -1.42. The van der Waals surface area contributed by atoms with Crippen molar-refractivity contribution in [3.63, 3.8) is 0 Å². The van der Waals surface area contributed by atoms with E-state index in [1.165, 1.54) is 18.5 Å². The van der Waals surface area contributed by atoms with Crippen LogP contribution in [0.3, 0.4) is 0 Å². The van der Waals surface area contributed by atoms with Gasteiger partial charge in [0.1, 0.15) is 0 Å². The van der Waals surface area contributed by atoms with Gasteiger partial charge in [-0.1, -0.05) is 0 Å². The number of rotatable bonds is 1. The van der Waals surface area contributed by atoms with Gasteiger partial charge in [0.2, 0.25) is 0 Å². The fourth-order valence-corrected chi connectivity index (χ4v) is 2.71. The van der Waals surface area contributed by atoms with E-state index in [1.807, 2.05) is 12.1 Å². The van der Waals surface area contributed by atoms with Crippen LogP contribution in [0.1, 0.15) is 12.8 Å². The zero-order valence-corrected chi connectivity index (χ0v) is 9.28. The summed E-state index contributed by atoms with van der Waals surface area (Å²) in [6, 6.07) is 5.91. The second-order valence-corrected chi connectivity index (χ2v) is 4.79. The Morgan fingerprint density at radius 3 is 2.62 bits per heavy atom. The molecular weight excluding hydrogens is 202 g/mol. The second-order valence-electron chi connectivity index (χ2n) is 4.79. The summed E-state index contributed by atoms with van der Waals surface area (Å²) in [5.74, 6) is 0. The molecule has 2 saturated heterocycles. The summed E-state index contributed by atoms with van der Waals surface area (Å²) in [7, 11) is 0. The molecule has 4 nitrogen and oxygen atoms in total. The lowest BCUT2D eigenvalue weighted by atomic mass is 9.93. The van der Waals surface area contributed by atoms with Crippen molar-refractivity contribution in [3.05, 3.63) is 18.2 Å². The van der Waals surface area contributed by atoms with Crippen molar-refractivity contribution >= 4 is 17.1 Å². The maximum Gasteiger partial charge on any atom is 0.0868 e. The maximum absolute atomic E-state index is 5.85. The molecule has 1 aromatic carbocycles. The molecule has 0 aliphatic carbocycles. The van der Waals surface area contributed by atoms with Gasteiger partial charge in [0.25, 0.3) is 0 Å². The number of benzene rings is 1. The minimum Gasteiger partial charge on any atom is -0.397 e.